The van der Waals surface area contributed by atoms with Crippen molar-refractivity contribution in [2.45, 2.75) is 26.5 Å². The van der Waals surface area contributed by atoms with Crippen molar-refractivity contribution in [3.8, 4) is 0 Å². The quantitative estimate of drug-likeness (QED) is 0.472. The Morgan fingerprint density at radius 2 is 1.53 bits per heavy atom. The first-order chi connectivity index (χ1) is 14.5. The topological polar surface area (TPSA) is 78.8 Å². The summed E-state index contributed by atoms with van der Waals surface area (Å²) in [7, 11) is 0. The molecule has 158 valence electrons. The van der Waals surface area contributed by atoms with Crippen LogP contribution in [0.4, 0.5) is 0 Å². The fraction of sp³-hybridized carbons (Fsp3) is 0.292. The van der Waals surface area contributed by atoms with E-state index in [1.807, 2.05) is 0 Å². The van der Waals surface area contributed by atoms with Crippen molar-refractivity contribution in [3.05, 3.63) is 72.7 Å². The molecule has 2 aromatic heterocycles. The van der Waals surface area contributed by atoms with Crippen LogP contribution in [0.3, 0.4) is 0 Å². The Bertz CT molecular complexity index is 1030. The average molecular weight is 408 g/mol. The zero-order valence-electron chi connectivity index (χ0n) is 17.4. The Hall–Kier alpha value is -3.09. The van der Waals surface area contributed by atoms with Gasteiger partial charge in [-0.3, -0.25) is 0 Å². The second-order valence-electron chi connectivity index (χ2n) is 7.07. The number of nitrogens with zero attached hydrogens (tertiary/aromatic N) is 2. The smallest absolute Gasteiger partial charge is 0.371 e. The molecule has 4 rings (SSSR count). The molecule has 0 aliphatic carbocycles. The molecule has 6 nitrogen and oxygen atoms in total. The summed E-state index contributed by atoms with van der Waals surface area (Å²) in [4.78, 5) is 12.2. The lowest BCUT2D eigenvalue weighted by Gasteiger charge is -2.22. The summed E-state index contributed by atoms with van der Waals surface area (Å²) < 4.78 is 6.74. The molecule has 2 N–H and O–H groups in total. The Balaban J connectivity index is 0.000000269. The van der Waals surface area contributed by atoms with Gasteiger partial charge in [0.2, 0.25) is 5.76 Å². The lowest BCUT2D eigenvalue weighted by Crippen LogP contribution is -2.34. The van der Waals surface area contributed by atoms with Crippen LogP contribution in [0.5, 0.6) is 0 Å². The number of hydrogen-bond donors (Lipinski definition) is 2. The van der Waals surface area contributed by atoms with Crippen molar-refractivity contribution in [2.24, 2.45) is 0 Å². The number of carbonyl (C=O) groups is 1. The molecular formula is C24H28N2O4. The summed E-state index contributed by atoms with van der Waals surface area (Å²) in [6, 6.07) is 19.8. The number of fused-ring (bicyclic) bond motifs is 3. The van der Waals surface area contributed by atoms with Gasteiger partial charge in [0, 0.05) is 28.4 Å². The molecule has 0 fully saturated rings. The first-order valence-electron chi connectivity index (χ1n) is 10.2. The fourth-order valence-electron chi connectivity index (χ4n) is 3.65. The normalized spacial score (nSPS) is 12.1. The lowest BCUT2D eigenvalue weighted by atomic mass is 10.2. The van der Waals surface area contributed by atoms with Gasteiger partial charge in [-0.25, -0.2) is 4.79 Å². The molecule has 30 heavy (non-hydrogen) atoms. The number of benzene rings is 2. The molecule has 0 bridgehead atoms. The number of aliphatic hydroxyl groups excluding tert-OH is 1. The Kier molecular flexibility index (Phi) is 7.27. The Labute approximate surface area is 176 Å². The van der Waals surface area contributed by atoms with Crippen LogP contribution < -0.4 is 0 Å². The highest BCUT2D eigenvalue weighted by Gasteiger charge is 2.14. The molecule has 0 saturated carbocycles. The van der Waals surface area contributed by atoms with Gasteiger partial charge in [-0.05, 0) is 37.4 Å². The average Bonchev–Trinajstić information content (AvgIpc) is 3.41. The number of carboxylic acid groups (broad SMARTS) is 1. The first kappa shape index (κ1) is 21.6. The van der Waals surface area contributed by atoms with Crippen LogP contribution in [0.15, 0.2) is 71.3 Å². The van der Waals surface area contributed by atoms with Crippen LogP contribution >= 0.6 is 0 Å². The number of aromatic nitrogens is 1. The molecular weight excluding hydrogens is 380 g/mol. The van der Waals surface area contributed by atoms with Gasteiger partial charge in [0.15, 0.2) is 0 Å². The zero-order valence-corrected chi connectivity index (χ0v) is 17.4. The predicted octanol–water partition coefficient (Wildman–Crippen LogP) is 4.48. The maximum absolute atomic E-state index is 10.5. The highest BCUT2D eigenvalue weighted by atomic mass is 16.4. The molecule has 6 heteroatoms. The molecule has 0 radical (unpaired) electrons. The molecule has 2 aromatic carbocycles. The zero-order chi connectivity index (χ0) is 21.5. The second-order valence-corrected chi connectivity index (χ2v) is 7.07. The predicted molar refractivity (Wildman–Crippen MR) is 119 cm³/mol. The van der Waals surface area contributed by atoms with Crippen molar-refractivity contribution in [1.82, 2.24) is 9.47 Å². The highest BCUT2D eigenvalue weighted by Crippen LogP contribution is 2.28. The van der Waals surface area contributed by atoms with Crippen molar-refractivity contribution < 1.29 is 19.4 Å². The first-order valence-corrected chi connectivity index (χ1v) is 10.2. The number of furan rings is 1. The molecule has 2 heterocycles. The molecule has 4 aromatic rings. The van der Waals surface area contributed by atoms with E-state index in [4.69, 9.17) is 5.11 Å². The summed E-state index contributed by atoms with van der Waals surface area (Å²) in [5.74, 6) is -1.06. The minimum atomic E-state index is -1.03. The summed E-state index contributed by atoms with van der Waals surface area (Å²) in [5, 5.41) is 21.2. The van der Waals surface area contributed by atoms with Gasteiger partial charge in [-0.15, -0.1) is 0 Å². The summed E-state index contributed by atoms with van der Waals surface area (Å²) in [6.45, 7) is 7.56. The van der Waals surface area contributed by atoms with E-state index < -0.39 is 5.97 Å². The van der Waals surface area contributed by atoms with Crippen molar-refractivity contribution >= 4 is 27.8 Å². The Morgan fingerprint density at radius 3 is 1.97 bits per heavy atom. The monoisotopic (exact) mass is 408 g/mol. The SMILES string of the molecule is CCN(CC)CC(O)Cn1c2ccccc2c2ccccc21.O=C(O)c1ccco1. The molecule has 0 amide bonds. The molecule has 0 aliphatic heterocycles. The lowest BCUT2D eigenvalue weighted by molar-refractivity contribution is 0.0662. The van der Waals surface area contributed by atoms with E-state index >= 15 is 0 Å². The third kappa shape index (κ3) is 4.90. The number of rotatable bonds is 7. The summed E-state index contributed by atoms with van der Waals surface area (Å²) in [6.07, 6.45) is 0.961. The minimum absolute atomic E-state index is 0.0231. The second kappa shape index (κ2) is 10.1. The van der Waals surface area contributed by atoms with Gasteiger partial charge in [-0.1, -0.05) is 50.2 Å². The van der Waals surface area contributed by atoms with Gasteiger partial charge in [0.05, 0.1) is 18.9 Å². The van der Waals surface area contributed by atoms with Crippen LogP contribution in [-0.2, 0) is 6.54 Å². The van der Waals surface area contributed by atoms with E-state index in [9.17, 15) is 9.90 Å². The molecule has 1 atom stereocenters. The molecule has 0 aliphatic rings. The van der Waals surface area contributed by atoms with Gasteiger partial charge in [0.1, 0.15) is 0 Å². The number of hydrogen-bond acceptors (Lipinski definition) is 4. The number of aliphatic hydroxyl groups is 1. The van der Waals surface area contributed by atoms with Crippen molar-refractivity contribution in [1.29, 1.82) is 0 Å². The third-order valence-corrected chi connectivity index (χ3v) is 5.17. The number of likely N-dealkylation sites (N-methyl/N-ethyl adjacent to an activating group) is 1. The van der Waals surface area contributed by atoms with Gasteiger partial charge in [0.25, 0.3) is 0 Å². The van der Waals surface area contributed by atoms with E-state index in [0.29, 0.717) is 13.1 Å². The van der Waals surface area contributed by atoms with Gasteiger partial charge in [-0.2, -0.15) is 0 Å². The van der Waals surface area contributed by atoms with E-state index in [0.717, 1.165) is 13.1 Å². The van der Waals surface area contributed by atoms with E-state index in [1.165, 1.54) is 40.2 Å². The van der Waals surface area contributed by atoms with Crippen LogP contribution in [0.25, 0.3) is 21.8 Å². The van der Waals surface area contributed by atoms with Crippen LogP contribution in [0.2, 0.25) is 0 Å². The number of aromatic carboxylic acids is 1. The highest BCUT2D eigenvalue weighted by molar-refractivity contribution is 6.07. The molecule has 0 spiro atoms. The van der Waals surface area contributed by atoms with Crippen molar-refractivity contribution in [3.63, 3.8) is 0 Å². The van der Waals surface area contributed by atoms with E-state index in [-0.39, 0.29) is 11.9 Å². The standard InChI is InChI=1S/C19H24N2O.C5H4O3/c1-3-20(4-2)13-15(22)14-21-18-11-7-5-9-16(18)17-10-6-8-12-19(17)21;6-5(7)4-2-1-3-8-4/h5-12,15,22H,3-4,13-14H2,1-2H3;1-3H,(H,6,7). The maximum Gasteiger partial charge on any atom is 0.371 e. The van der Waals surface area contributed by atoms with Gasteiger partial charge >= 0.3 is 5.97 Å². The van der Waals surface area contributed by atoms with Gasteiger partial charge < -0.3 is 24.1 Å². The minimum Gasteiger partial charge on any atom is -0.475 e. The fourth-order valence-corrected chi connectivity index (χ4v) is 3.65. The van der Waals surface area contributed by atoms with Crippen LogP contribution in [0.1, 0.15) is 24.4 Å². The van der Waals surface area contributed by atoms with E-state index in [2.05, 4.69) is 76.3 Å². The summed E-state index contributed by atoms with van der Waals surface area (Å²) >= 11 is 0. The van der Waals surface area contributed by atoms with Crippen LogP contribution in [-0.4, -0.2) is 51.4 Å². The largest absolute Gasteiger partial charge is 0.475 e. The molecule has 1 unspecified atom stereocenters. The number of carboxylic acids is 1. The van der Waals surface area contributed by atoms with E-state index in [1.54, 1.807) is 0 Å². The third-order valence-electron chi connectivity index (χ3n) is 5.17. The maximum atomic E-state index is 10.5. The van der Waals surface area contributed by atoms with Crippen molar-refractivity contribution in [2.75, 3.05) is 19.6 Å². The Morgan fingerprint density at radius 1 is 0.967 bits per heavy atom. The number of para-hydroxylation sites is 2. The summed E-state index contributed by atoms with van der Waals surface area (Å²) in [5.41, 5.74) is 2.39. The van der Waals surface area contributed by atoms with Crippen LogP contribution in [0, 0.1) is 0 Å². The molecule has 0 saturated heterocycles.